The molecule has 0 spiro atoms. The molecule has 63 heavy (non-hydrogen) atoms. The van der Waals surface area contributed by atoms with E-state index >= 15 is 0 Å². The number of anilines is 2. The van der Waals surface area contributed by atoms with E-state index in [2.05, 4.69) is 35.9 Å². The fourth-order valence-corrected chi connectivity index (χ4v) is 8.82. The zero-order valence-corrected chi connectivity index (χ0v) is 35.2. The van der Waals surface area contributed by atoms with Crippen LogP contribution in [0, 0.1) is 11.6 Å². The van der Waals surface area contributed by atoms with Crippen molar-refractivity contribution in [1.82, 2.24) is 38.7 Å². The number of piperidine rings is 2. The van der Waals surface area contributed by atoms with Gasteiger partial charge in [-0.25, -0.2) is 27.2 Å². The summed E-state index contributed by atoms with van der Waals surface area (Å²) in [6.45, 7) is 2.66. The predicted molar refractivity (Wildman–Crippen MR) is 234 cm³/mol. The van der Waals surface area contributed by atoms with E-state index < -0.39 is 32.8 Å². The van der Waals surface area contributed by atoms with Crippen molar-refractivity contribution in [2.45, 2.75) is 42.7 Å². The second kappa shape index (κ2) is 18.6. The lowest BCUT2D eigenvalue weighted by Crippen LogP contribution is -2.42. The third kappa shape index (κ3) is 9.64. The summed E-state index contributed by atoms with van der Waals surface area (Å²) in [5.74, 6) is -0.329. The number of aryl methyl sites for hydroxylation is 2. The molecule has 2 fully saturated rings. The Morgan fingerprint density at radius 2 is 1.08 bits per heavy atom. The van der Waals surface area contributed by atoms with Gasteiger partial charge in [-0.1, -0.05) is 42.5 Å². The third-order valence-electron chi connectivity index (χ3n) is 10.8. The van der Waals surface area contributed by atoms with Crippen molar-refractivity contribution in [2.24, 2.45) is 14.1 Å². The van der Waals surface area contributed by atoms with Crippen molar-refractivity contribution in [1.29, 1.82) is 0 Å². The molecule has 2 aliphatic heterocycles. The lowest BCUT2D eigenvalue weighted by Gasteiger charge is -2.31. The molecule has 19 heteroatoms. The largest absolute Gasteiger partial charge is 0.448 e. The van der Waals surface area contributed by atoms with Gasteiger partial charge in [0.2, 0.25) is 21.9 Å². The highest BCUT2D eigenvalue weighted by atomic mass is 32.2. The van der Waals surface area contributed by atoms with Crippen LogP contribution in [0.4, 0.5) is 20.7 Å². The molecule has 0 saturated carbocycles. The van der Waals surface area contributed by atoms with E-state index in [1.807, 2.05) is 0 Å². The van der Waals surface area contributed by atoms with Crippen LogP contribution in [0.2, 0.25) is 0 Å². The molecule has 4 aromatic heterocycles. The van der Waals surface area contributed by atoms with E-state index in [4.69, 9.17) is 9.47 Å². The molecule has 0 aliphatic carbocycles. The monoisotopic (exact) mass is 878 g/mol. The number of fused-ring (bicyclic) bond motifs is 2. The van der Waals surface area contributed by atoms with Crippen molar-refractivity contribution in [3.8, 4) is 23.0 Å². The minimum Gasteiger partial charge on any atom is -0.448 e. The summed E-state index contributed by atoms with van der Waals surface area (Å²) in [7, 11) is -0.357. The number of halogens is 2. The Morgan fingerprint density at radius 3 is 1.56 bits per heavy atom. The highest BCUT2D eigenvalue weighted by Gasteiger charge is 2.29. The number of benzene rings is 3. The molecule has 0 unspecified atom stereocenters. The summed E-state index contributed by atoms with van der Waals surface area (Å²) >= 11 is 0. The van der Waals surface area contributed by atoms with E-state index in [-0.39, 0.29) is 33.9 Å². The second-order valence-electron chi connectivity index (χ2n) is 15.1. The fraction of sp³-hybridized carbons (Fsp3) is 0.273. The standard InChI is InChI=1S/C25H24FN5O4S.C19H20FN5O2/c1-30-23-17(15-22(24(30)32)35-21-10-6-5-9-20(21)26)16-27-25(29-23)28-18-11-13-31(14-12-18)36(33,34)19-7-3-2-4-8-19;1-25-17-12(11-22-19(24-17)23-13-6-8-21-9-7-13)10-16(18(25)26)27-15-5-3-2-4-14(15)20/h2-10,15-16,18H,11-14H2,1H3,(H,27,28,29);2-5,10-11,13,21H,6-9H2,1H3,(H,22,23,24). The minimum atomic E-state index is -3.53. The molecule has 7 aromatic rings. The average molecular weight is 879 g/mol. The first-order valence-corrected chi connectivity index (χ1v) is 21.8. The number of pyridine rings is 2. The molecule has 3 aromatic carbocycles. The van der Waals surface area contributed by atoms with Crippen LogP contribution >= 0.6 is 0 Å². The van der Waals surface area contributed by atoms with Crippen LogP contribution in [0.3, 0.4) is 0 Å². The van der Waals surface area contributed by atoms with Crippen molar-refractivity contribution < 1.29 is 26.7 Å². The molecule has 326 valence electrons. The highest BCUT2D eigenvalue weighted by Crippen LogP contribution is 2.27. The van der Waals surface area contributed by atoms with Crippen LogP contribution in [0.25, 0.3) is 22.1 Å². The van der Waals surface area contributed by atoms with E-state index in [1.165, 1.54) is 49.8 Å². The van der Waals surface area contributed by atoms with Gasteiger partial charge >= 0.3 is 0 Å². The molecule has 0 radical (unpaired) electrons. The van der Waals surface area contributed by atoms with Gasteiger partial charge < -0.3 is 25.4 Å². The first kappa shape index (κ1) is 42.8. The Morgan fingerprint density at radius 1 is 0.635 bits per heavy atom. The Bertz CT molecular complexity index is 3000. The summed E-state index contributed by atoms with van der Waals surface area (Å²) in [4.78, 5) is 43.4. The maximum Gasteiger partial charge on any atom is 0.294 e. The summed E-state index contributed by atoms with van der Waals surface area (Å²) in [5.41, 5.74) is 0.0295. The molecule has 0 bridgehead atoms. The quantitative estimate of drug-likeness (QED) is 0.147. The van der Waals surface area contributed by atoms with Crippen molar-refractivity contribution in [3.63, 3.8) is 0 Å². The van der Waals surface area contributed by atoms with E-state index in [0.717, 1.165) is 25.9 Å². The van der Waals surface area contributed by atoms with Gasteiger partial charge in [0.1, 0.15) is 11.3 Å². The Kier molecular flexibility index (Phi) is 12.7. The van der Waals surface area contributed by atoms with Crippen molar-refractivity contribution in [3.05, 3.63) is 136 Å². The van der Waals surface area contributed by atoms with Crippen molar-refractivity contribution in [2.75, 3.05) is 36.8 Å². The number of hydrogen-bond acceptors (Lipinski definition) is 13. The molecule has 3 N–H and O–H groups in total. The van der Waals surface area contributed by atoms with E-state index in [0.29, 0.717) is 65.9 Å². The molecule has 2 aliphatic rings. The van der Waals surface area contributed by atoms with Gasteiger partial charge in [0.05, 0.1) is 4.90 Å². The average Bonchev–Trinajstić information content (AvgIpc) is 3.30. The van der Waals surface area contributed by atoms with Crippen LogP contribution < -0.4 is 36.5 Å². The van der Waals surface area contributed by atoms with Crippen LogP contribution in [-0.4, -0.2) is 80.1 Å². The molecule has 0 amide bonds. The fourth-order valence-electron chi connectivity index (χ4n) is 7.32. The molecular formula is C44H44F2N10O6S. The van der Waals surface area contributed by atoms with Crippen LogP contribution in [0.5, 0.6) is 23.0 Å². The first-order chi connectivity index (χ1) is 30.4. The number of nitrogens with one attached hydrogen (secondary N) is 3. The molecule has 0 atom stereocenters. The van der Waals surface area contributed by atoms with Gasteiger partial charge in [0.25, 0.3) is 11.1 Å². The van der Waals surface area contributed by atoms with Crippen LogP contribution in [0.1, 0.15) is 25.7 Å². The van der Waals surface area contributed by atoms with E-state index in [9.17, 15) is 26.8 Å². The maximum absolute atomic E-state index is 14.0. The zero-order valence-electron chi connectivity index (χ0n) is 34.4. The minimum absolute atomic E-state index is 0.000867. The zero-order chi connectivity index (χ0) is 44.1. The molecule has 6 heterocycles. The SMILES string of the molecule is Cn1c(=O)c(Oc2ccccc2F)cc2cnc(NC3CCN(S(=O)(=O)c4ccccc4)CC3)nc21.Cn1c(=O)c(Oc2ccccc2F)cc2cnc(NC3CCNCC3)nc21. The van der Waals surface area contributed by atoms with Crippen LogP contribution in [-0.2, 0) is 24.1 Å². The lowest BCUT2D eigenvalue weighted by atomic mass is 10.1. The number of para-hydroxylation sites is 2. The number of sulfonamides is 1. The third-order valence-corrected chi connectivity index (χ3v) is 12.7. The van der Waals surface area contributed by atoms with Gasteiger partial charge in [-0.3, -0.25) is 18.7 Å². The van der Waals surface area contributed by atoms with Gasteiger partial charge in [-0.2, -0.15) is 14.3 Å². The lowest BCUT2D eigenvalue weighted by molar-refractivity contribution is 0.329. The number of nitrogens with zero attached hydrogens (tertiary/aromatic N) is 7. The topological polar surface area (TPSA) is 187 Å². The van der Waals surface area contributed by atoms with E-state index in [1.54, 1.807) is 81.1 Å². The number of ether oxygens (including phenoxy) is 2. The normalized spacial score (nSPS) is 15.1. The number of aromatic nitrogens is 6. The summed E-state index contributed by atoms with van der Waals surface area (Å²) in [6, 6.07) is 23.5. The summed E-state index contributed by atoms with van der Waals surface area (Å²) in [5, 5.41) is 11.1. The van der Waals surface area contributed by atoms with Gasteiger partial charge in [0, 0.05) is 62.4 Å². The van der Waals surface area contributed by atoms with Crippen molar-refractivity contribution >= 4 is 44.0 Å². The molecule has 2 saturated heterocycles. The molecule has 16 nitrogen and oxygen atoms in total. The maximum atomic E-state index is 14.0. The Hall–Kier alpha value is -6.83. The predicted octanol–water partition coefficient (Wildman–Crippen LogP) is 5.95. The highest BCUT2D eigenvalue weighted by molar-refractivity contribution is 7.89. The number of rotatable bonds is 10. The number of hydrogen-bond donors (Lipinski definition) is 3. The Balaban J connectivity index is 0.000000180. The van der Waals surface area contributed by atoms with Gasteiger partial charge in [0.15, 0.2) is 34.6 Å². The molecular weight excluding hydrogens is 835 g/mol. The van der Waals surface area contributed by atoms with Gasteiger partial charge in [-0.05, 0) is 87.3 Å². The van der Waals surface area contributed by atoms with Gasteiger partial charge in [-0.15, -0.1) is 0 Å². The molecule has 9 rings (SSSR count). The smallest absolute Gasteiger partial charge is 0.294 e. The first-order valence-electron chi connectivity index (χ1n) is 20.3. The summed E-state index contributed by atoms with van der Waals surface area (Å²) < 4.78 is 68.7. The van der Waals surface area contributed by atoms with Crippen LogP contribution in [0.15, 0.2) is 118 Å². The summed E-state index contributed by atoms with van der Waals surface area (Å²) in [6.07, 6.45) is 6.36. The second-order valence-corrected chi connectivity index (χ2v) is 17.0. The Labute approximate surface area is 360 Å².